The van der Waals surface area contributed by atoms with E-state index in [2.05, 4.69) is 26.4 Å². The highest BCUT2D eigenvalue weighted by atomic mass is 79.9. The van der Waals surface area contributed by atoms with E-state index in [0.29, 0.717) is 10.9 Å². The zero-order chi connectivity index (χ0) is 14.4. The Morgan fingerprint density at radius 2 is 2.32 bits per heavy atom. The molecule has 0 aromatic heterocycles. The molecule has 1 unspecified atom stereocenters. The molecular formula is C12H15BrFN3O2. The molecule has 7 heteroatoms. The van der Waals surface area contributed by atoms with E-state index < -0.39 is 17.8 Å². The van der Waals surface area contributed by atoms with Crippen molar-refractivity contribution in [2.24, 2.45) is 10.9 Å². The molecule has 0 aliphatic carbocycles. The lowest BCUT2D eigenvalue weighted by atomic mass is 10.1. The number of amides is 1. The summed E-state index contributed by atoms with van der Waals surface area (Å²) in [5, 5.41) is 14.1. The van der Waals surface area contributed by atoms with Crippen LogP contribution in [0.2, 0.25) is 0 Å². The van der Waals surface area contributed by atoms with Gasteiger partial charge < -0.3 is 16.3 Å². The van der Waals surface area contributed by atoms with Crippen LogP contribution in [-0.4, -0.2) is 23.0 Å². The van der Waals surface area contributed by atoms with Crippen molar-refractivity contribution in [1.29, 1.82) is 0 Å². The van der Waals surface area contributed by atoms with E-state index in [1.807, 2.05) is 6.92 Å². The van der Waals surface area contributed by atoms with Crippen LogP contribution in [0.5, 0.6) is 0 Å². The maximum atomic E-state index is 13.6. The van der Waals surface area contributed by atoms with Gasteiger partial charge in [0.2, 0.25) is 0 Å². The van der Waals surface area contributed by atoms with Crippen molar-refractivity contribution < 1.29 is 14.4 Å². The van der Waals surface area contributed by atoms with Crippen molar-refractivity contribution in [1.82, 2.24) is 5.32 Å². The predicted octanol–water partition coefficient (Wildman–Crippen LogP) is 2.23. The maximum Gasteiger partial charge on any atom is 0.256 e. The Kier molecular flexibility index (Phi) is 5.75. The summed E-state index contributed by atoms with van der Waals surface area (Å²) in [6.45, 7) is 1.89. The van der Waals surface area contributed by atoms with Crippen LogP contribution in [0.1, 0.15) is 30.1 Å². The molecule has 0 radical (unpaired) electrons. The summed E-state index contributed by atoms with van der Waals surface area (Å²) < 4.78 is 14.0. The summed E-state index contributed by atoms with van der Waals surface area (Å²) in [6, 6.07) is 3.62. The summed E-state index contributed by atoms with van der Waals surface area (Å²) in [5.74, 6) is -1.36. The van der Waals surface area contributed by atoms with Crippen LogP contribution < -0.4 is 11.1 Å². The quantitative estimate of drug-likeness (QED) is 0.334. The SMILES string of the molecule is CCCC(NC(=O)c1c(F)cccc1Br)/C(N)=N/O. The molecule has 0 saturated carbocycles. The Labute approximate surface area is 118 Å². The monoisotopic (exact) mass is 331 g/mol. The van der Waals surface area contributed by atoms with Gasteiger partial charge in [0.05, 0.1) is 11.6 Å². The highest BCUT2D eigenvalue weighted by molar-refractivity contribution is 9.10. The van der Waals surface area contributed by atoms with E-state index in [9.17, 15) is 9.18 Å². The average Bonchev–Trinajstić information content (AvgIpc) is 2.37. The number of amidine groups is 1. The lowest BCUT2D eigenvalue weighted by molar-refractivity contribution is 0.0940. The summed E-state index contributed by atoms with van der Waals surface area (Å²) in [7, 11) is 0. The Hall–Kier alpha value is -1.63. The van der Waals surface area contributed by atoms with E-state index in [-0.39, 0.29) is 11.4 Å². The van der Waals surface area contributed by atoms with Crippen LogP contribution in [0, 0.1) is 5.82 Å². The van der Waals surface area contributed by atoms with Crippen LogP contribution in [0.15, 0.2) is 27.8 Å². The number of oxime groups is 1. The van der Waals surface area contributed by atoms with Crippen molar-refractivity contribution in [2.45, 2.75) is 25.8 Å². The lowest BCUT2D eigenvalue weighted by Gasteiger charge is -2.17. The summed E-state index contributed by atoms with van der Waals surface area (Å²) in [5.41, 5.74) is 5.38. The van der Waals surface area contributed by atoms with Gasteiger partial charge in [-0.3, -0.25) is 4.79 Å². The molecule has 0 saturated heterocycles. The van der Waals surface area contributed by atoms with Crippen LogP contribution in [0.25, 0.3) is 0 Å². The smallest absolute Gasteiger partial charge is 0.256 e. The molecule has 0 fully saturated rings. The number of nitrogens with two attached hydrogens (primary N) is 1. The van der Waals surface area contributed by atoms with Gasteiger partial charge in [0, 0.05) is 4.47 Å². The molecule has 4 N–H and O–H groups in total. The van der Waals surface area contributed by atoms with Gasteiger partial charge >= 0.3 is 0 Å². The number of hydrogen-bond acceptors (Lipinski definition) is 3. The third kappa shape index (κ3) is 3.92. The number of nitrogens with one attached hydrogen (secondary N) is 1. The Morgan fingerprint density at radius 1 is 1.63 bits per heavy atom. The van der Waals surface area contributed by atoms with Gasteiger partial charge in [-0.2, -0.15) is 0 Å². The molecule has 0 spiro atoms. The standard InChI is InChI=1S/C12H15BrFN3O2/c1-2-4-9(11(15)17-19)16-12(18)10-7(13)5-3-6-8(10)14/h3,5-6,9,19H,2,4H2,1H3,(H2,15,17)(H,16,18). The molecule has 0 heterocycles. The Morgan fingerprint density at radius 3 is 2.84 bits per heavy atom. The zero-order valence-electron chi connectivity index (χ0n) is 10.4. The van der Waals surface area contributed by atoms with Crippen molar-refractivity contribution in [3.05, 3.63) is 34.1 Å². The normalized spacial score (nSPS) is 13.1. The number of nitrogens with zero attached hydrogens (tertiary/aromatic N) is 1. The molecule has 1 aromatic rings. The van der Waals surface area contributed by atoms with Crippen LogP contribution in [0.4, 0.5) is 4.39 Å². The number of carbonyl (C=O) groups is 1. The van der Waals surface area contributed by atoms with Crippen molar-refractivity contribution in [2.75, 3.05) is 0 Å². The van der Waals surface area contributed by atoms with Gasteiger partial charge in [-0.25, -0.2) is 4.39 Å². The minimum absolute atomic E-state index is 0.102. The minimum atomic E-state index is -0.637. The third-order valence-corrected chi connectivity index (χ3v) is 3.21. The number of benzene rings is 1. The Balaban J connectivity index is 2.94. The first-order valence-electron chi connectivity index (χ1n) is 5.73. The first kappa shape index (κ1) is 15.4. The second-order valence-corrected chi connectivity index (χ2v) is 4.79. The lowest BCUT2D eigenvalue weighted by Crippen LogP contribution is -2.44. The van der Waals surface area contributed by atoms with Gasteiger partial charge in [-0.1, -0.05) is 24.6 Å². The van der Waals surface area contributed by atoms with Gasteiger partial charge in [0.25, 0.3) is 5.91 Å². The second-order valence-electron chi connectivity index (χ2n) is 3.94. The largest absolute Gasteiger partial charge is 0.409 e. The molecule has 1 amide bonds. The zero-order valence-corrected chi connectivity index (χ0v) is 11.9. The fraction of sp³-hybridized carbons (Fsp3) is 0.333. The summed E-state index contributed by atoms with van der Waals surface area (Å²) >= 11 is 3.12. The fourth-order valence-corrected chi connectivity index (χ4v) is 2.12. The minimum Gasteiger partial charge on any atom is -0.409 e. The van der Waals surface area contributed by atoms with Crippen LogP contribution in [0.3, 0.4) is 0 Å². The number of rotatable bonds is 5. The number of halogens is 2. The highest BCUT2D eigenvalue weighted by Crippen LogP contribution is 2.19. The molecule has 1 rings (SSSR count). The van der Waals surface area contributed by atoms with Crippen molar-refractivity contribution in [3.63, 3.8) is 0 Å². The maximum absolute atomic E-state index is 13.6. The number of hydrogen-bond donors (Lipinski definition) is 3. The van der Waals surface area contributed by atoms with Crippen molar-refractivity contribution in [3.8, 4) is 0 Å². The average molecular weight is 332 g/mol. The van der Waals surface area contributed by atoms with E-state index in [0.717, 1.165) is 6.42 Å². The van der Waals surface area contributed by atoms with Gasteiger partial charge in [-0.15, -0.1) is 0 Å². The fourth-order valence-electron chi connectivity index (χ4n) is 1.60. The summed E-state index contributed by atoms with van der Waals surface area (Å²) in [4.78, 5) is 12.0. The number of carbonyl (C=O) groups excluding carboxylic acids is 1. The third-order valence-electron chi connectivity index (χ3n) is 2.54. The molecule has 1 aromatic carbocycles. The molecule has 0 aliphatic rings. The topological polar surface area (TPSA) is 87.7 Å². The first-order chi connectivity index (χ1) is 9.01. The summed E-state index contributed by atoms with van der Waals surface area (Å²) in [6.07, 6.45) is 1.22. The van der Waals surface area contributed by atoms with Crippen LogP contribution >= 0.6 is 15.9 Å². The molecule has 0 bridgehead atoms. The van der Waals surface area contributed by atoms with E-state index >= 15 is 0 Å². The first-order valence-corrected chi connectivity index (χ1v) is 6.52. The van der Waals surface area contributed by atoms with E-state index in [1.54, 1.807) is 6.07 Å². The van der Waals surface area contributed by atoms with Gasteiger partial charge in [0.1, 0.15) is 5.82 Å². The van der Waals surface area contributed by atoms with Crippen LogP contribution in [-0.2, 0) is 0 Å². The predicted molar refractivity (Wildman–Crippen MR) is 73.7 cm³/mol. The molecule has 0 aliphatic heterocycles. The van der Waals surface area contributed by atoms with E-state index in [4.69, 9.17) is 10.9 Å². The molecule has 19 heavy (non-hydrogen) atoms. The second kappa shape index (κ2) is 7.08. The van der Waals surface area contributed by atoms with E-state index in [1.165, 1.54) is 12.1 Å². The molecular weight excluding hydrogens is 317 g/mol. The highest BCUT2D eigenvalue weighted by Gasteiger charge is 2.21. The van der Waals surface area contributed by atoms with Gasteiger partial charge in [-0.05, 0) is 34.5 Å². The molecule has 104 valence electrons. The molecule has 5 nitrogen and oxygen atoms in total. The van der Waals surface area contributed by atoms with Crippen molar-refractivity contribution >= 4 is 27.7 Å². The Bertz CT molecular complexity index is 474. The van der Waals surface area contributed by atoms with Gasteiger partial charge in [0.15, 0.2) is 5.84 Å². The molecule has 1 atom stereocenters.